The van der Waals surface area contributed by atoms with Crippen LogP contribution in [0.25, 0.3) is 0 Å². The number of para-hydroxylation sites is 1. The summed E-state index contributed by atoms with van der Waals surface area (Å²) in [6.07, 6.45) is 4.91. The minimum Gasteiger partial charge on any atom is -0.496 e. The van der Waals surface area contributed by atoms with Gasteiger partial charge in [0, 0.05) is 31.4 Å². The summed E-state index contributed by atoms with van der Waals surface area (Å²) in [5, 5.41) is 9.50. The maximum atomic E-state index is 12.6. The van der Waals surface area contributed by atoms with E-state index in [9.17, 15) is 9.59 Å². The van der Waals surface area contributed by atoms with Gasteiger partial charge in [-0.05, 0) is 47.7 Å². The summed E-state index contributed by atoms with van der Waals surface area (Å²) in [6.45, 7) is 1.19. The molecule has 2 amide bonds. The molecule has 3 aromatic rings. The summed E-state index contributed by atoms with van der Waals surface area (Å²) >= 11 is 0. The Kier molecular flexibility index (Phi) is 5.79. The molecule has 2 heterocycles. The van der Waals surface area contributed by atoms with Crippen molar-refractivity contribution in [3.63, 3.8) is 0 Å². The first-order chi connectivity index (χ1) is 14.6. The van der Waals surface area contributed by atoms with Crippen LogP contribution in [0.15, 0.2) is 54.9 Å². The Morgan fingerprint density at radius 1 is 1.20 bits per heavy atom. The number of rotatable bonds is 6. The molecule has 1 aliphatic heterocycles. The van der Waals surface area contributed by atoms with Crippen molar-refractivity contribution in [3.05, 3.63) is 77.1 Å². The number of aromatic amines is 1. The lowest BCUT2D eigenvalue weighted by Crippen LogP contribution is -2.35. The van der Waals surface area contributed by atoms with Gasteiger partial charge in [0.15, 0.2) is 0 Å². The Morgan fingerprint density at radius 2 is 2.07 bits per heavy atom. The van der Waals surface area contributed by atoms with Crippen molar-refractivity contribution < 1.29 is 14.3 Å². The molecule has 0 bridgehead atoms. The van der Waals surface area contributed by atoms with Gasteiger partial charge < -0.3 is 15.0 Å². The highest BCUT2D eigenvalue weighted by Gasteiger charge is 2.22. The van der Waals surface area contributed by atoms with Crippen molar-refractivity contribution in [2.75, 3.05) is 19.0 Å². The van der Waals surface area contributed by atoms with Gasteiger partial charge in [0.1, 0.15) is 5.75 Å². The van der Waals surface area contributed by atoms with Crippen LogP contribution in [0.5, 0.6) is 5.75 Å². The number of methoxy groups -OCH3 is 1. The molecule has 1 aliphatic rings. The van der Waals surface area contributed by atoms with Crippen molar-refractivity contribution in [2.24, 2.45) is 0 Å². The second-order valence-electron chi connectivity index (χ2n) is 7.31. The van der Waals surface area contributed by atoms with Crippen LogP contribution in [0.3, 0.4) is 0 Å². The molecule has 0 atom stereocenters. The lowest BCUT2D eigenvalue weighted by molar-refractivity contribution is -0.116. The third-order valence-corrected chi connectivity index (χ3v) is 5.35. The average Bonchev–Trinajstić information content (AvgIpc) is 3.32. The van der Waals surface area contributed by atoms with E-state index in [1.807, 2.05) is 42.5 Å². The van der Waals surface area contributed by atoms with E-state index in [4.69, 9.17) is 4.74 Å². The first-order valence-corrected chi connectivity index (χ1v) is 9.95. The van der Waals surface area contributed by atoms with Gasteiger partial charge in [-0.15, -0.1) is 0 Å². The number of nitrogens with one attached hydrogen (secondary N) is 2. The topological polar surface area (TPSA) is 87.3 Å². The van der Waals surface area contributed by atoms with Gasteiger partial charge in [0.05, 0.1) is 18.9 Å². The number of carbonyl (C=O) groups is 2. The maximum absolute atomic E-state index is 12.6. The molecule has 2 N–H and O–H groups in total. The first kappa shape index (κ1) is 19.7. The van der Waals surface area contributed by atoms with Crippen LogP contribution in [-0.2, 0) is 24.2 Å². The molecule has 2 aromatic carbocycles. The minimum atomic E-state index is -0.0528. The molecule has 1 aromatic heterocycles. The van der Waals surface area contributed by atoms with E-state index in [1.54, 1.807) is 18.2 Å². The molecule has 154 valence electrons. The van der Waals surface area contributed by atoms with E-state index in [1.165, 1.54) is 11.8 Å². The van der Waals surface area contributed by atoms with Gasteiger partial charge in [0.2, 0.25) is 5.91 Å². The van der Waals surface area contributed by atoms with Crippen LogP contribution in [0, 0.1) is 0 Å². The quantitative estimate of drug-likeness (QED) is 0.661. The minimum absolute atomic E-state index is 0.0411. The predicted octanol–water partition coefficient (Wildman–Crippen LogP) is 3.19. The van der Waals surface area contributed by atoms with E-state index in [2.05, 4.69) is 15.5 Å². The van der Waals surface area contributed by atoms with Crippen LogP contribution < -0.4 is 10.1 Å². The van der Waals surface area contributed by atoms with E-state index < -0.39 is 0 Å². The number of carbonyl (C=O) groups excluding carboxylic acids is 2. The Morgan fingerprint density at radius 3 is 2.87 bits per heavy atom. The van der Waals surface area contributed by atoms with Gasteiger partial charge in [0.25, 0.3) is 5.91 Å². The zero-order valence-corrected chi connectivity index (χ0v) is 16.9. The highest BCUT2D eigenvalue weighted by molar-refractivity contribution is 5.94. The number of fused-ring (bicyclic) bond motifs is 1. The summed E-state index contributed by atoms with van der Waals surface area (Å²) in [4.78, 5) is 26.9. The molecule has 0 radical (unpaired) electrons. The lowest BCUT2D eigenvalue weighted by Gasteiger charge is -2.29. The van der Waals surface area contributed by atoms with Gasteiger partial charge in [-0.3, -0.25) is 14.7 Å². The number of ether oxygens (including phenoxy) is 1. The molecule has 0 spiro atoms. The number of benzene rings is 2. The third-order valence-electron chi connectivity index (χ3n) is 5.35. The van der Waals surface area contributed by atoms with Crippen molar-refractivity contribution in [3.8, 4) is 5.75 Å². The molecule has 0 saturated heterocycles. The monoisotopic (exact) mass is 404 g/mol. The molecule has 7 heteroatoms. The molecule has 30 heavy (non-hydrogen) atoms. The van der Waals surface area contributed by atoms with Gasteiger partial charge in [-0.2, -0.15) is 5.10 Å². The van der Waals surface area contributed by atoms with Crippen LogP contribution in [0.4, 0.5) is 5.69 Å². The number of anilines is 1. The molecule has 0 fully saturated rings. The molecule has 0 aliphatic carbocycles. The second-order valence-corrected chi connectivity index (χ2v) is 7.31. The predicted molar refractivity (Wildman–Crippen MR) is 113 cm³/mol. The fourth-order valence-electron chi connectivity index (χ4n) is 3.74. The van der Waals surface area contributed by atoms with E-state index >= 15 is 0 Å². The Balaban J connectivity index is 1.38. The zero-order chi connectivity index (χ0) is 20.9. The number of aryl methyl sites for hydroxylation is 1. The van der Waals surface area contributed by atoms with Crippen LogP contribution in [0.2, 0.25) is 0 Å². The summed E-state index contributed by atoms with van der Waals surface area (Å²) in [5.74, 6) is 0.699. The summed E-state index contributed by atoms with van der Waals surface area (Å²) in [7, 11) is 1.63. The summed E-state index contributed by atoms with van der Waals surface area (Å²) in [6, 6.07) is 13.6. The fraction of sp³-hybridized carbons (Fsp3) is 0.261. The summed E-state index contributed by atoms with van der Waals surface area (Å²) < 4.78 is 5.34. The van der Waals surface area contributed by atoms with Crippen LogP contribution in [-0.4, -0.2) is 40.6 Å². The average molecular weight is 404 g/mol. The SMILES string of the molecule is COc1ccccc1CCC(=O)Nc1ccc2c(c1)CN(C(=O)c1cn[nH]c1)CC2. The molecule has 7 nitrogen and oxygen atoms in total. The highest BCUT2D eigenvalue weighted by Crippen LogP contribution is 2.24. The van der Waals surface area contributed by atoms with Crippen LogP contribution in [0.1, 0.15) is 33.5 Å². The summed E-state index contributed by atoms with van der Waals surface area (Å²) in [5.41, 5.74) is 4.57. The number of hydrogen-bond acceptors (Lipinski definition) is 4. The van der Waals surface area contributed by atoms with Crippen molar-refractivity contribution in [1.82, 2.24) is 15.1 Å². The normalized spacial score (nSPS) is 12.9. The lowest BCUT2D eigenvalue weighted by atomic mass is 9.98. The molecule has 4 rings (SSSR count). The van der Waals surface area contributed by atoms with Crippen LogP contribution >= 0.6 is 0 Å². The zero-order valence-electron chi connectivity index (χ0n) is 16.9. The van der Waals surface area contributed by atoms with E-state index in [0.717, 1.165) is 29.0 Å². The Hall–Kier alpha value is -3.61. The van der Waals surface area contributed by atoms with Crippen molar-refractivity contribution >= 4 is 17.5 Å². The van der Waals surface area contributed by atoms with Gasteiger partial charge in [-0.1, -0.05) is 24.3 Å². The maximum Gasteiger partial charge on any atom is 0.257 e. The van der Waals surface area contributed by atoms with Gasteiger partial charge >= 0.3 is 0 Å². The van der Waals surface area contributed by atoms with E-state index in [0.29, 0.717) is 31.5 Å². The van der Waals surface area contributed by atoms with Gasteiger partial charge in [-0.25, -0.2) is 0 Å². The second kappa shape index (κ2) is 8.82. The number of aromatic nitrogens is 2. The fourth-order valence-corrected chi connectivity index (χ4v) is 3.74. The Bertz CT molecular complexity index is 1050. The number of amides is 2. The smallest absolute Gasteiger partial charge is 0.257 e. The third kappa shape index (κ3) is 4.35. The molecule has 0 unspecified atom stereocenters. The molecule has 0 saturated carbocycles. The van der Waals surface area contributed by atoms with Crippen molar-refractivity contribution in [1.29, 1.82) is 0 Å². The molecular formula is C23H24N4O3. The number of H-pyrrole nitrogens is 1. The number of nitrogens with zero attached hydrogens (tertiary/aromatic N) is 2. The number of hydrogen-bond donors (Lipinski definition) is 2. The largest absolute Gasteiger partial charge is 0.496 e. The Labute approximate surface area is 175 Å². The first-order valence-electron chi connectivity index (χ1n) is 9.95. The van der Waals surface area contributed by atoms with Crippen molar-refractivity contribution in [2.45, 2.75) is 25.8 Å². The molecular weight excluding hydrogens is 380 g/mol. The standard InChI is InChI=1S/C23H24N4O3/c1-30-21-5-3-2-4-17(21)7-9-22(28)26-20-8-6-16-10-11-27(15-18(16)12-20)23(29)19-13-24-25-14-19/h2-6,8,12-14H,7,9-11,15H2,1H3,(H,24,25)(H,26,28). The van der Waals surface area contributed by atoms with E-state index in [-0.39, 0.29) is 11.8 Å². The highest BCUT2D eigenvalue weighted by atomic mass is 16.5.